The number of aliphatic hydroxyl groups excluding tert-OH is 1. The van der Waals surface area contributed by atoms with Crippen LogP contribution in [-0.2, 0) is 9.53 Å². The van der Waals surface area contributed by atoms with E-state index < -0.39 is 11.6 Å². The van der Waals surface area contributed by atoms with Crippen LogP contribution in [0.3, 0.4) is 0 Å². The molecule has 3 N–H and O–H groups in total. The molecular formula is C42H39N3O5. The Morgan fingerprint density at radius 2 is 1.56 bits per heavy atom. The summed E-state index contributed by atoms with van der Waals surface area (Å²) in [4.78, 5) is 20.0. The van der Waals surface area contributed by atoms with Gasteiger partial charge in [0, 0.05) is 25.0 Å². The Morgan fingerprint density at radius 3 is 2.26 bits per heavy atom. The van der Waals surface area contributed by atoms with E-state index in [2.05, 4.69) is 35.1 Å². The average Bonchev–Trinajstić information content (AvgIpc) is 3.72. The van der Waals surface area contributed by atoms with Gasteiger partial charge in [0.25, 0.3) is 5.91 Å². The molecule has 50 heavy (non-hydrogen) atoms. The third-order valence-corrected chi connectivity index (χ3v) is 9.13. The zero-order chi connectivity index (χ0) is 34.3. The van der Waals surface area contributed by atoms with E-state index in [4.69, 9.17) is 24.3 Å². The molecule has 5 aromatic carbocycles. The monoisotopic (exact) mass is 665 g/mol. The summed E-state index contributed by atoms with van der Waals surface area (Å²) in [5.74, 6) is 1.33. The van der Waals surface area contributed by atoms with Gasteiger partial charge in [-0.15, -0.1) is 0 Å². The normalized spacial score (nSPS) is 17.9. The summed E-state index contributed by atoms with van der Waals surface area (Å²) in [6, 6.07) is 41.2. The largest absolute Gasteiger partial charge is 0.497 e. The van der Waals surface area contributed by atoms with Gasteiger partial charge in [-0.3, -0.25) is 10.2 Å². The number of nitrogens with zero attached hydrogens (tertiary/aromatic N) is 1. The highest BCUT2D eigenvalue weighted by Gasteiger charge is 2.53. The minimum atomic E-state index is -1.39. The third-order valence-electron chi connectivity index (χ3n) is 9.13. The van der Waals surface area contributed by atoms with E-state index in [-0.39, 0.29) is 25.0 Å². The third kappa shape index (κ3) is 6.63. The van der Waals surface area contributed by atoms with Gasteiger partial charge in [-0.25, -0.2) is 10.4 Å². The van der Waals surface area contributed by atoms with Crippen molar-refractivity contribution in [2.75, 3.05) is 20.3 Å². The molecule has 2 aliphatic rings. The molecule has 1 amide bonds. The number of ether oxygens (including phenoxy) is 3. The maximum atomic E-state index is 14.8. The molecule has 1 aliphatic carbocycles. The van der Waals surface area contributed by atoms with Gasteiger partial charge in [0.2, 0.25) is 5.90 Å². The molecule has 0 spiro atoms. The Labute approximate surface area is 292 Å². The van der Waals surface area contributed by atoms with Crippen LogP contribution in [0, 0.1) is 0 Å². The van der Waals surface area contributed by atoms with E-state index in [9.17, 15) is 4.79 Å². The smallest absolute Gasteiger partial charge is 0.266 e. The Hall–Kier alpha value is -5.70. The molecule has 0 fully saturated rings. The second-order valence-electron chi connectivity index (χ2n) is 12.3. The highest BCUT2D eigenvalue weighted by molar-refractivity contribution is 6.01. The van der Waals surface area contributed by atoms with E-state index in [1.165, 1.54) is 0 Å². The fourth-order valence-corrected chi connectivity index (χ4v) is 6.62. The van der Waals surface area contributed by atoms with Gasteiger partial charge in [-0.05, 0) is 69.8 Å². The van der Waals surface area contributed by atoms with Crippen molar-refractivity contribution in [3.8, 4) is 22.6 Å². The van der Waals surface area contributed by atoms with E-state index in [0.717, 1.165) is 33.4 Å². The minimum absolute atomic E-state index is 0.0614. The number of methoxy groups -OCH3 is 1. The number of hydrogen-bond donors (Lipinski definition) is 3. The lowest BCUT2D eigenvalue weighted by molar-refractivity contribution is -0.130. The number of amides is 1. The van der Waals surface area contributed by atoms with Crippen LogP contribution in [0.15, 0.2) is 138 Å². The fourth-order valence-electron chi connectivity index (χ4n) is 6.62. The molecule has 0 saturated heterocycles. The van der Waals surface area contributed by atoms with Gasteiger partial charge in [0.05, 0.1) is 19.8 Å². The van der Waals surface area contributed by atoms with Gasteiger partial charge in [0.15, 0.2) is 11.6 Å². The molecule has 8 heteroatoms. The first-order valence-corrected chi connectivity index (χ1v) is 16.8. The summed E-state index contributed by atoms with van der Waals surface area (Å²) in [6.45, 7) is 0.469. The lowest BCUT2D eigenvalue weighted by atomic mass is 9.84. The lowest BCUT2D eigenvalue weighted by Crippen LogP contribution is -2.53. The molecular weight excluding hydrogens is 626 g/mol. The van der Waals surface area contributed by atoms with Crippen molar-refractivity contribution in [2.24, 2.45) is 4.99 Å². The van der Waals surface area contributed by atoms with Crippen molar-refractivity contribution in [3.63, 3.8) is 0 Å². The average molecular weight is 666 g/mol. The SMILES string of the molecule is COc1cccc([C@@H]2OC(c3ccc(OCCCO)cc3)=N[C@]2(C/C=C/c2ccccc2)C(=O)NNC2c3ccccc3-c3ccccc32)c1. The standard InChI is InChI=1S/C42H39N3O5/c1-48-33-16-9-15-31(28-33)39-42(25-10-14-29-12-3-2-4-13-29,43-40(50-39)30-21-23-32(24-22-30)49-27-11-26-46)41(47)45-44-38-36-19-7-5-17-34(36)35-18-6-8-20-37(35)38/h2-10,12-24,28,38-39,44,46H,11,25-27H2,1H3,(H,45,47)/b14-10+/t39-,42-/m0/s1. The number of aliphatic hydroxyl groups is 1. The maximum Gasteiger partial charge on any atom is 0.266 e. The Kier molecular flexibility index (Phi) is 9.73. The first kappa shape index (κ1) is 32.8. The zero-order valence-electron chi connectivity index (χ0n) is 27.8. The molecule has 0 unspecified atom stereocenters. The van der Waals surface area contributed by atoms with Crippen molar-refractivity contribution in [1.29, 1.82) is 0 Å². The van der Waals surface area contributed by atoms with Crippen molar-refractivity contribution in [2.45, 2.75) is 30.5 Å². The van der Waals surface area contributed by atoms with Gasteiger partial charge in [-0.2, -0.15) is 0 Å². The molecule has 0 aromatic heterocycles. The molecule has 0 bridgehead atoms. The minimum Gasteiger partial charge on any atom is -0.497 e. The number of carbonyl (C=O) groups excluding carboxylic acids is 1. The quantitative estimate of drug-likeness (QED) is 0.0908. The maximum absolute atomic E-state index is 14.8. The summed E-state index contributed by atoms with van der Waals surface area (Å²) in [6.07, 6.45) is 4.00. The lowest BCUT2D eigenvalue weighted by Gasteiger charge is -2.30. The molecule has 1 heterocycles. The molecule has 0 radical (unpaired) electrons. The molecule has 2 atom stereocenters. The fraction of sp³-hybridized carbons (Fsp3) is 0.190. The number of carbonyl (C=O) groups is 1. The van der Waals surface area contributed by atoms with Crippen LogP contribution in [0.4, 0.5) is 0 Å². The second-order valence-corrected chi connectivity index (χ2v) is 12.3. The number of hydrogen-bond acceptors (Lipinski definition) is 7. The van der Waals surface area contributed by atoms with Crippen LogP contribution in [0.2, 0.25) is 0 Å². The number of hydrazine groups is 1. The molecule has 0 saturated carbocycles. The van der Waals surface area contributed by atoms with E-state index in [1.807, 2.05) is 115 Å². The Bertz CT molecular complexity index is 1960. The zero-order valence-corrected chi connectivity index (χ0v) is 27.8. The first-order chi connectivity index (χ1) is 24.6. The second kappa shape index (κ2) is 14.8. The highest BCUT2D eigenvalue weighted by atomic mass is 16.5. The summed E-state index contributed by atoms with van der Waals surface area (Å²) in [5.41, 5.74) is 12.0. The summed E-state index contributed by atoms with van der Waals surface area (Å²) < 4.78 is 18.0. The molecule has 252 valence electrons. The van der Waals surface area contributed by atoms with Crippen molar-refractivity contribution in [3.05, 3.63) is 161 Å². The number of rotatable bonds is 13. The number of fused-ring (bicyclic) bond motifs is 3. The summed E-state index contributed by atoms with van der Waals surface area (Å²) in [5, 5.41) is 9.13. The van der Waals surface area contributed by atoms with Crippen LogP contribution >= 0.6 is 0 Å². The molecule has 5 aromatic rings. The van der Waals surface area contributed by atoms with Crippen LogP contribution in [-0.4, -0.2) is 42.8 Å². The van der Waals surface area contributed by atoms with Crippen molar-refractivity contribution in [1.82, 2.24) is 10.9 Å². The van der Waals surface area contributed by atoms with Gasteiger partial charge < -0.3 is 19.3 Å². The first-order valence-electron chi connectivity index (χ1n) is 16.8. The number of benzene rings is 5. The van der Waals surface area contributed by atoms with E-state index in [0.29, 0.717) is 36.0 Å². The molecule has 1 aliphatic heterocycles. The predicted molar refractivity (Wildman–Crippen MR) is 195 cm³/mol. The number of aliphatic imine (C=N–C) groups is 1. The van der Waals surface area contributed by atoms with Crippen molar-refractivity contribution >= 4 is 17.9 Å². The van der Waals surface area contributed by atoms with E-state index in [1.54, 1.807) is 7.11 Å². The van der Waals surface area contributed by atoms with Crippen LogP contribution in [0.5, 0.6) is 11.5 Å². The summed E-state index contributed by atoms with van der Waals surface area (Å²) >= 11 is 0. The van der Waals surface area contributed by atoms with Gasteiger partial charge in [-0.1, -0.05) is 103 Å². The number of nitrogens with one attached hydrogen (secondary N) is 2. The summed E-state index contributed by atoms with van der Waals surface area (Å²) in [7, 11) is 1.62. The van der Waals surface area contributed by atoms with Crippen LogP contribution < -0.4 is 20.3 Å². The Morgan fingerprint density at radius 1 is 0.860 bits per heavy atom. The van der Waals surface area contributed by atoms with E-state index >= 15 is 0 Å². The van der Waals surface area contributed by atoms with Gasteiger partial charge in [0.1, 0.15) is 11.5 Å². The predicted octanol–water partition coefficient (Wildman–Crippen LogP) is 7.21. The van der Waals surface area contributed by atoms with Gasteiger partial charge >= 0.3 is 0 Å². The van der Waals surface area contributed by atoms with Crippen LogP contribution in [0.1, 0.15) is 52.8 Å². The van der Waals surface area contributed by atoms with Crippen LogP contribution in [0.25, 0.3) is 17.2 Å². The topological polar surface area (TPSA) is 101 Å². The van der Waals surface area contributed by atoms with Crippen molar-refractivity contribution < 1.29 is 24.1 Å². The Balaban J connectivity index is 1.27. The molecule has 7 rings (SSSR count). The highest BCUT2D eigenvalue weighted by Crippen LogP contribution is 2.45. The molecule has 8 nitrogen and oxygen atoms in total.